The summed E-state index contributed by atoms with van der Waals surface area (Å²) in [7, 11) is 0. The Morgan fingerprint density at radius 3 is 2.51 bits per heavy atom. The number of hydrogen-bond acceptors (Lipinski definition) is 5. The molecule has 7 nitrogen and oxygen atoms in total. The number of nitrogens with zero attached hydrogens (tertiary/aromatic N) is 3. The van der Waals surface area contributed by atoms with Gasteiger partial charge in [-0.05, 0) is 60.7 Å². The number of para-hydroxylation sites is 1. The summed E-state index contributed by atoms with van der Waals surface area (Å²) in [4.78, 5) is 26.2. The molecule has 1 aromatic heterocycles. The number of halogens is 2. The molecule has 1 aliphatic heterocycles. The number of carbonyl (C=O) groups excluding carboxylic acids is 2. The van der Waals surface area contributed by atoms with Gasteiger partial charge in [-0.2, -0.15) is 10.4 Å². The predicted molar refractivity (Wildman–Crippen MR) is 127 cm³/mol. The van der Waals surface area contributed by atoms with Crippen molar-refractivity contribution < 1.29 is 18.7 Å². The maximum atomic E-state index is 13.4. The summed E-state index contributed by atoms with van der Waals surface area (Å²) < 4.78 is 20.6. The maximum absolute atomic E-state index is 13.4. The minimum atomic E-state index is -1.67. The molecule has 9 heteroatoms. The first-order chi connectivity index (χ1) is 17.0. The van der Waals surface area contributed by atoms with E-state index >= 15 is 0 Å². The Hall–Kier alpha value is -4.48. The van der Waals surface area contributed by atoms with Gasteiger partial charge in [-0.25, -0.2) is 9.07 Å². The van der Waals surface area contributed by atoms with Gasteiger partial charge in [0.1, 0.15) is 23.9 Å². The molecule has 0 aliphatic carbocycles. The van der Waals surface area contributed by atoms with Crippen molar-refractivity contribution in [2.45, 2.75) is 6.61 Å². The number of nitriles is 1. The Morgan fingerprint density at radius 1 is 1.09 bits per heavy atom. The van der Waals surface area contributed by atoms with Gasteiger partial charge in [0.2, 0.25) is 11.7 Å². The van der Waals surface area contributed by atoms with Crippen LogP contribution in [0.2, 0.25) is 5.02 Å². The number of rotatable bonds is 5. The van der Waals surface area contributed by atoms with Gasteiger partial charge in [-0.15, -0.1) is 0 Å². The summed E-state index contributed by atoms with van der Waals surface area (Å²) in [5.41, 5.74) is 2.69. The molecule has 0 saturated heterocycles. The van der Waals surface area contributed by atoms with Crippen LogP contribution in [0.4, 0.5) is 10.1 Å². The third-order valence-electron chi connectivity index (χ3n) is 5.57. The van der Waals surface area contributed by atoms with Crippen LogP contribution in [0, 0.1) is 23.1 Å². The van der Waals surface area contributed by atoms with Crippen LogP contribution < -0.4 is 10.1 Å². The molecule has 4 aromatic rings. The fraction of sp³-hybridized carbons (Fsp3) is 0.0769. The number of Topliss-reactive ketones (excluding diaryl/α,β-unsaturated/α-hetero) is 1. The second-order valence-corrected chi connectivity index (χ2v) is 8.21. The van der Waals surface area contributed by atoms with Crippen LogP contribution in [0.1, 0.15) is 16.1 Å². The fourth-order valence-corrected chi connectivity index (χ4v) is 4.02. The first-order valence-electron chi connectivity index (χ1n) is 10.6. The van der Waals surface area contributed by atoms with E-state index in [0.717, 1.165) is 17.7 Å². The van der Waals surface area contributed by atoms with E-state index in [4.69, 9.17) is 16.3 Å². The van der Waals surface area contributed by atoms with Crippen molar-refractivity contribution in [3.8, 4) is 28.8 Å². The zero-order valence-electron chi connectivity index (χ0n) is 18.0. The van der Waals surface area contributed by atoms with Crippen molar-refractivity contribution in [1.29, 1.82) is 5.26 Å². The molecule has 1 atom stereocenters. The molecule has 0 radical (unpaired) electrons. The number of amides is 1. The molecule has 5 rings (SSSR count). The van der Waals surface area contributed by atoms with Gasteiger partial charge in [0.15, 0.2) is 5.92 Å². The largest absolute Gasteiger partial charge is 0.488 e. The van der Waals surface area contributed by atoms with E-state index < -0.39 is 23.4 Å². The highest BCUT2D eigenvalue weighted by atomic mass is 35.5. The molecular weight excluding hydrogens is 471 g/mol. The Kier molecular flexibility index (Phi) is 5.77. The number of aromatic nitrogens is 2. The number of benzene rings is 3. The van der Waals surface area contributed by atoms with Gasteiger partial charge in [0.25, 0.3) is 0 Å². The van der Waals surface area contributed by atoms with Gasteiger partial charge in [0.05, 0.1) is 17.5 Å². The lowest BCUT2D eigenvalue weighted by molar-refractivity contribution is -0.117. The van der Waals surface area contributed by atoms with Crippen molar-refractivity contribution in [2.75, 3.05) is 5.32 Å². The predicted octanol–water partition coefficient (Wildman–Crippen LogP) is 5.19. The van der Waals surface area contributed by atoms with Crippen molar-refractivity contribution in [3.63, 3.8) is 0 Å². The molecule has 1 N–H and O–H groups in total. The molecule has 1 aliphatic rings. The highest BCUT2D eigenvalue weighted by Crippen LogP contribution is 2.40. The van der Waals surface area contributed by atoms with Gasteiger partial charge in [-0.1, -0.05) is 23.7 Å². The molecule has 0 bridgehead atoms. The smallest absolute Gasteiger partial charge is 0.249 e. The van der Waals surface area contributed by atoms with Crippen LogP contribution >= 0.6 is 11.6 Å². The summed E-state index contributed by atoms with van der Waals surface area (Å²) in [6.45, 7) is 0.0404. The molecule has 0 spiro atoms. The van der Waals surface area contributed by atoms with Crippen LogP contribution in [0.25, 0.3) is 16.9 Å². The first-order valence-corrected chi connectivity index (χ1v) is 10.9. The van der Waals surface area contributed by atoms with Crippen molar-refractivity contribution in [2.24, 2.45) is 5.92 Å². The van der Waals surface area contributed by atoms with E-state index in [1.807, 2.05) is 24.3 Å². The Labute approximate surface area is 204 Å². The number of ether oxygens (including phenoxy) is 1. The maximum Gasteiger partial charge on any atom is 0.249 e. The highest BCUT2D eigenvalue weighted by Gasteiger charge is 2.36. The lowest BCUT2D eigenvalue weighted by Crippen LogP contribution is -2.29. The summed E-state index contributed by atoms with van der Waals surface area (Å²) in [5.74, 6) is -3.12. The number of ketones is 1. The van der Waals surface area contributed by atoms with Crippen LogP contribution in [-0.4, -0.2) is 21.5 Å². The standard InChI is InChI=1S/C26H16ClFN4O3/c27-15-5-11-18(12-6-15)32-24-19-3-1-2-4-22(19)35-14-21(24)23(31-32)25(33)20(13-29)26(34)30-17-9-7-16(28)8-10-17/h1-12,20H,14H2,(H,30,34). The third-order valence-corrected chi connectivity index (χ3v) is 5.82. The SMILES string of the molecule is N#CC(C(=O)Nc1ccc(F)cc1)C(=O)c1nn(-c2ccc(Cl)cc2)c2c1COc1ccccc1-2. The molecule has 1 amide bonds. The Bertz CT molecular complexity index is 1490. The average Bonchev–Trinajstić information content (AvgIpc) is 3.26. The molecule has 2 heterocycles. The Morgan fingerprint density at radius 2 is 1.80 bits per heavy atom. The molecular formula is C26H16ClFN4O3. The fourth-order valence-electron chi connectivity index (χ4n) is 3.89. The Balaban J connectivity index is 1.57. The van der Waals surface area contributed by atoms with E-state index in [9.17, 15) is 19.2 Å². The topological polar surface area (TPSA) is 97.0 Å². The molecule has 0 saturated carbocycles. The highest BCUT2D eigenvalue weighted by molar-refractivity contribution is 6.30. The molecule has 1 unspecified atom stereocenters. The van der Waals surface area contributed by atoms with Crippen molar-refractivity contribution >= 4 is 29.0 Å². The number of anilines is 1. The number of fused-ring (bicyclic) bond motifs is 3. The number of carbonyl (C=O) groups is 2. The van der Waals surface area contributed by atoms with E-state index in [-0.39, 0.29) is 18.0 Å². The zero-order chi connectivity index (χ0) is 24.5. The van der Waals surface area contributed by atoms with Crippen LogP contribution in [0.3, 0.4) is 0 Å². The molecule has 35 heavy (non-hydrogen) atoms. The molecule has 172 valence electrons. The average molecular weight is 487 g/mol. The van der Waals surface area contributed by atoms with Gasteiger partial charge < -0.3 is 10.1 Å². The van der Waals surface area contributed by atoms with Crippen LogP contribution in [-0.2, 0) is 11.4 Å². The lowest BCUT2D eigenvalue weighted by atomic mass is 9.96. The van der Waals surface area contributed by atoms with Crippen molar-refractivity contribution in [3.05, 3.63) is 94.9 Å². The van der Waals surface area contributed by atoms with Gasteiger partial charge >= 0.3 is 0 Å². The minimum Gasteiger partial charge on any atom is -0.488 e. The monoisotopic (exact) mass is 486 g/mol. The van der Waals surface area contributed by atoms with Gasteiger partial charge in [0, 0.05) is 21.8 Å². The van der Waals surface area contributed by atoms with Crippen LogP contribution in [0.5, 0.6) is 5.75 Å². The summed E-state index contributed by atoms with van der Waals surface area (Å²) in [5, 5.41) is 17.2. The van der Waals surface area contributed by atoms with Crippen molar-refractivity contribution in [1.82, 2.24) is 9.78 Å². The summed E-state index contributed by atoms with van der Waals surface area (Å²) in [6, 6.07) is 21.0. The third kappa shape index (κ3) is 4.14. The molecule has 0 fully saturated rings. The lowest BCUT2D eigenvalue weighted by Gasteiger charge is -2.19. The van der Waals surface area contributed by atoms with E-state index in [0.29, 0.717) is 27.7 Å². The zero-order valence-corrected chi connectivity index (χ0v) is 18.8. The second kappa shape index (κ2) is 9.05. The van der Waals surface area contributed by atoms with E-state index in [1.165, 1.54) is 12.1 Å². The quantitative estimate of drug-likeness (QED) is 0.309. The second-order valence-electron chi connectivity index (χ2n) is 7.77. The molecule has 3 aromatic carbocycles. The first kappa shape index (κ1) is 22.3. The van der Waals surface area contributed by atoms with E-state index in [1.54, 1.807) is 35.0 Å². The number of hydrogen-bond donors (Lipinski definition) is 1. The summed E-state index contributed by atoms with van der Waals surface area (Å²) >= 11 is 6.04. The summed E-state index contributed by atoms with van der Waals surface area (Å²) in [6.07, 6.45) is 0. The van der Waals surface area contributed by atoms with Crippen LogP contribution in [0.15, 0.2) is 72.8 Å². The number of nitrogens with one attached hydrogen (secondary N) is 1. The van der Waals surface area contributed by atoms with Gasteiger partial charge in [-0.3, -0.25) is 9.59 Å². The normalized spacial score (nSPS) is 12.5. The van der Waals surface area contributed by atoms with E-state index in [2.05, 4.69) is 10.4 Å². The minimum absolute atomic E-state index is 0.0368.